The Morgan fingerprint density at radius 3 is 2.62 bits per heavy atom. The summed E-state index contributed by atoms with van der Waals surface area (Å²) >= 11 is 5.76. The third kappa shape index (κ3) is 4.92. The van der Waals surface area contributed by atoms with Gasteiger partial charge in [0.05, 0.1) is 4.92 Å². The molecule has 1 saturated carbocycles. The Hall–Kier alpha value is -2.15. The van der Waals surface area contributed by atoms with Gasteiger partial charge in [0.1, 0.15) is 5.56 Å². The summed E-state index contributed by atoms with van der Waals surface area (Å²) in [6.45, 7) is 1.70. The molecule has 8 heteroatoms. The highest BCUT2D eigenvalue weighted by Gasteiger charge is 2.24. The molecule has 1 N–H and O–H groups in total. The van der Waals surface area contributed by atoms with Gasteiger partial charge in [0.25, 0.3) is 11.6 Å². The van der Waals surface area contributed by atoms with E-state index in [0.29, 0.717) is 5.92 Å². The van der Waals surface area contributed by atoms with Gasteiger partial charge < -0.3 is 10.1 Å². The zero-order valence-electron chi connectivity index (χ0n) is 13.3. The number of carbonyl (C=O) groups is 2. The third-order valence-electron chi connectivity index (χ3n) is 4.09. The summed E-state index contributed by atoms with van der Waals surface area (Å²) in [6.07, 6.45) is 3.92. The summed E-state index contributed by atoms with van der Waals surface area (Å²) in [6, 6.07) is 3.69. The first kappa shape index (κ1) is 18.2. The molecule has 1 aliphatic carbocycles. The Morgan fingerprint density at radius 1 is 1.33 bits per heavy atom. The molecule has 7 nitrogen and oxygen atoms in total. The second-order valence-electron chi connectivity index (χ2n) is 6.02. The molecule has 1 aliphatic rings. The van der Waals surface area contributed by atoms with Gasteiger partial charge in [-0.05, 0) is 43.7 Å². The van der Waals surface area contributed by atoms with Crippen LogP contribution in [0.1, 0.15) is 43.0 Å². The van der Waals surface area contributed by atoms with Crippen molar-refractivity contribution in [2.75, 3.05) is 6.61 Å². The number of carbonyl (C=O) groups excluding carboxylic acids is 2. The molecule has 1 fully saturated rings. The Balaban J connectivity index is 1.90. The Bertz CT molecular complexity index is 641. The maximum atomic E-state index is 12.0. The molecule has 0 bridgehead atoms. The number of rotatable bonds is 5. The second-order valence-corrected chi connectivity index (χ2v) is 6.46. The van der Waals surface area contributed by atoms with Gasteiger partial charge in [-0.2, -0.15) is 0 Å². The normalized spacial score (nSPS) is 20.2. The Labute approximate surface area is 144 Å². The van der Waals surface area contributed by atoms with Crippen molar-refractivity contribution in [1.29, 1.82) is 0 Å². The number of esters is 1. The van der Waals surface area contributed by atoms with Crippen LogP contribution >= 0.6 is 11.6 Å². The van der Waals surface area contributed by atoms with E-state index in [1.54, 1.807) is 0 Å². The molecule has 0 aliphatic heterocycles. The lowest BCUT2D eigenvalue weighted by atomic mass is 9.87. The van der Waals surface area contributed by atoms with Crippen molar-refractivity contribution < 1.29 is 19.2 Å². The molecule has 0 atom stereocenters. The predicted molar refractivity (Wildman–Crippen MR) is 88.0 cm³/mol. The highest BCUT2D eigenvalue weighted by atomic mass is 35.5. The molecular formula is C16H19ClN2O5. The van der Waals surface area contributed by atoms with Gasteiger partial charge >= 0.3 is 5.97 Å². The smallest absolute Gasteiger partial charge is 0.345 e. The quantitative estimate of drug-likeness (QED) is 0.497. The summed E-state index contributed by atoms with van der Waals surface area (Å²) in [5, 5.41) is 13.9. The Morgan fingerprint density at radius 2 is 2.00 bits per heavy atom. The number of halogens is 1. The maximum absolute atomic E-state index is 12.0. The zero-order chi connectivity index (χ0) is 17.7. The van der Waals surface area contributed by atoms with E-state index in [0.717, 1.165) is 37.8 Å². The number of hydrogen-bond donors (Lipinski definition) is 1. The number of nitro benzene ring substituents is 1. The van der Waals surface area contributed by atoms with Crippen molar-refractivity contribution in [2.24, 2.45) is 5.92 Å². The van der Waals surface area contributed by atoms with Crippen LogP contribution < -0.4 is 5.32 Å². The van der Waals surface area contributed by atoms with E-state index in [4.69, 9.17) is 16.3 Å². The van der Waals surface area contributed by atoms with E-state index in [2.05, 4.69) is 12.2 Å². The van der Waals surface area contributed by atoms with Crippen molar-refractivity contribution in [3.05, 3.63) is 38.9 Å². The molecule has 2 rings (SSSR count). The average molecular weight is 355 g/mol. The summed E-state index contributed by atoms with van der Waals surface area (Å²) in [4.78, 5) is 34.1. The maximum Gasteiger partial charge on any atom is 0.345 e. The van der Waals surface area contributed by atoms with Crippen molar-refractivity contribution >= 4 is 29.2 Å². The number of benzene rings is 1. The summed E-state index contributed by atoms with van der Waals surface area (Å²) in [5.41, 5.74) is -0.683. The molecule has 0 heterocycles. The first-order chi connectivity index (χ1) is 11.4. The van der Waals surface area contributed by atoms with Crippen LogP contribution in [0.4, 0.5) is 5.69 Å². The van der Waals surface area contributed by atoms with Gasteiger partial charge in [0, 0.05) is 17.1 Å². The highest BCUT2D eigenvalue weighted by Crippen LogP contribution is 2.24. The molecule has 0 saturated heterocycles. The molecule has 0 spiro atoms. The predicted octanol–water partition coefficient (Wildman–Crippen LogP) is 3.10. The molecule has 1 aromatic carbocycles. The lowest BCUT2D eigenvalue weighted by molar-refractivity contribution is -0.385. The van der Waals surface area contributed by atoms with Gasteiger partial charge in [0.15, 0.2) is 6.61 Å². The first-order valence-corrected chi connectivity index (χ1v) is 8.15. The fourth-order valence-electron chi connectivity index (χ4n) is 2.71. The minimum Gasteiger partial charge on any atom is -0.452 e. The fourth-order valence-corrected chi connectivity index (χ4v) is 2.89. The van der Waals surface area contributed by atoms with Crippen molar-refractivity contribution in [2.45, 2.75) is 38.6 Å². The van der Waals surface area contributed by atoms with Gasteiger partial charge in [-0.3, -0.25) is 14.9 Å². The number of ether oxygens (including phenoxy) is 1. The van der Waals surface area contributed by atoms with Crippen LogP contribution in [0.3, 0.4) is 0 Å². The molecule has 0 unspecified atom stereocenters. The van der Waals surface area contributed by atoms with Crippen LogP contribution in [-0.4, -0.2) is 29.4 Å². The molecule has 24 heavy (non-hydrogen) atoms. The Kier molecular flexibility index (Phi) is 6.14. The van der Waals surface area contributed by atoms with E-state index in [1.165, 1.54) is 6.07 Å². The average Bonchev–Trinajstić information content (AvgIpc) is 2.54. The third-order valence-corrected chi connectivity index (χ3v) is 4.33. The number of nitro groups is 1. The van der Waals surface area contributed by atoms with E-state index in [-0.39, 0.29) is 16.6 Å². The molecule has 130 valence electrons. The van der Waals surface area contributed by atoms with Gasteiger partial charge in [-0.25, -0.2) is 4.79 Å². The number of hydrogen-bond acceptors (Lipinski definition) is 5. The molecular weight excluding hydrogens is 336 g/mol. The van der Waals surface area contributed by atoms with Gasteiger partial charge in [0.2, 0.25) is 0 Å². The van der Waals surface area contributed by atoms with Crippen LogP contribution in [-0.2, 0) is 9.53 Å². The van der Waals surface area contributed by atoms with Crippen LogP contribution in [0.5, 0.6) is 0 Å². The van der Waals surface area contributed by atoms with E-state index in [9.17, 15) is 19.7 Å². The standard InChI is InChI=1S/C16H19ClN2O5/c1-10-2-5-12(6-3-10)18-15(20)9-24-16(21)13-8-11(17)4-7-14(13)19(22)23/h4,7-8,10,12H,2-3,5-6,9H2,1H3,(H,18,20). The molecule has 0 radical (unpaired) electrons. The van der Waals surface area contributed by atoms with Gasteiger partial charge in [-0.1, -0.05) is 18.5 Å². The molecule has 1 aromatic rings. The van der Waals surface area contributed by atoms with Crippen molar-refractivity contribution in [1.82, 2.24) is 5.32 Å². The summed E-state index contributed by atoms with van der Waals surface area (Å²) < 4.78 is 4.88. The SMILES string of the molecule is CC1CCC(NC(=O)COC(=O)c2cc(Cl)ccc2[N+](=O)[O-])CC1. The number of nitrogens with zero attached hydrogens (tertiary/aromatic N) is 1. The minimum absolute atomic E-state index is 0.0907. The molecule has 1 amide bonds. The largest absolute Gasteiger partial charge is 0.452 e. The van der Waals surface area contributed by atoms with E-state index < -0.39 is 29.1 Å². The minimum atomic E-state index is -0.948. The number of amides is 1. The highest BCUT2D eigenvalue weighted by molar-refractivity contribution is 6.31. The first-order valence-electron chi connectivity index (χ1n) is 7.77. The molecule has 0 aromatic heterocycles. The van der Waals surface area contributed by atoms with Crippen LogP contribution in [0.2, 0.25) is 5.02 Å². The van der Waals surface area contributed by atoms with Crippen LogP contribution in [0.15, 0.2) is 18.2 Å². The lowest BCUT2D eigenvalue weighted by Gasteiger charge is -2.26. The zero-order valence-corrected chi connectivity index (χ0v) is 14.0. The van der Waals surface area contributed by atoms with E-state index >= 15 is 0 Å². The van der Waals surface area contributed by atoms with Crippen LogP contribution in [0.25, 0.3) is 0 Å². The van der Waals surface area contributed by atoms with Gasteiger partial charge in [-0.15, -0.1) is 0 Å². The summed E-state index contributed by atoms with van der Waals surface area (Å²) in [7, 11) is 0. The topological polar surface area (TPSA) is 98.5 Å². The summed E-state index contributed by atoms with van der Waals surface area (Å²) in [5.74, 6) is -0.691. The second kappa shape index (κ2) is 8.10. The van der Waals surface area contributed by atoms with Crippen molar-refractivity contribution in [3.63, 3.8) is 0 Å². The fraction of sp³-hybridized carbons (Fsp3) is 0.500. The van der Waals surface area contributed by atoms with E-state index in [1.807, 2.05) is 0 Å². The van der Waals surface area contributed by atoms with Crippen molar-refractivity contribution in [3.8, 4) is 0 Å². The number of nitrogens with one attached hydrogen (secondary N) is 1. The van der Waals surface area contributed by atoms with Crippen LogP contribution in [0, 0.1) is 16.0 Å². The monoisotopic (exact) mass is 354 g/mol. The lowest BCUT2D eigenvalue weighted by Crippen LogP contribution is -2.39.